The highest BCUT2D eigenvalue weighted by Crippen LogP contribution is 2.40. The Morgan fingerprint density at radius 2 is 1.71 bits per heavy atom. The van der Waals surface area contributed by atoms with E-state index in [1.807, 2.05) is 89.6 Å². The molecule has 3 aromatic carbocycles. The molecule has 5 aliphatic rings. The van der Waals surface area contributed by atoms with Crippen LogP contribution in [0.25, 0.3) is 43.4 Å². The number of hydrogen-bond acceptors (Lipinski definition) is 17. The van der Waals surface area contributed by atoms with Gasteiger partial charge < -0.3 is 49.2 Å². The van der Waals surface area contributed by atoms with Crippen molar-refractivity contribution >= 4 is 56.7 Å². The Labute approximate surface area is 479 Å². The number of carbonyl (C=O) groups excluding carboxylic acids is 3. The predicted octanol–water partition coefficient (Wildman–Crippen LogP) is 8.96. The van der Waals surface area contributed by atoms with E-state index >= 15 is 4.39 Å². The zero-order chi connectivity index (χ0) is 56.9. The topological polar surface area (TPSA) is 214 Å². The van der Waals surface area contributed by atoms with E-state index in [2.05, 4.69) is 30.6 Å². The summed E-state index contributed by atoms with van der Waals surface area (Å²) >= 11 is 1.60. The van der Waals surface area contributed by atoms with Crippen LogP contribution in [-0.2, 0) is 20.7 Å². The fourth-order valence-electron chi connectivity index (χ4n) is 12.8. The monoisotopic (exact) mass is 1140 g/mol. The van der Waals surface area contributed by atoms with E-state index < -0.39 is 23.9 Å². The minimum atomic E-state index is -0.687. The number of aryl methyl sites for hydroxylation is 2. The minimum absolute atomic E-state index is 0.0180. The number of rotatable bonds is 17. The van der Waals surface area contributed by atoms with Crippen molar-refractivity contribution in [3.63, 3.8) is 0 Å². The van der Waals surface area contributed by atoms with Gasteiger partial charge in [0.1, 0.15) is 54.1 Å². The van der Waals surface area contributed by atoms with Crippen molar-refractivity contribution in [1.82, 2.24) is 50.4 Å². The average Bonchev–Trinajstić information content (AvgIpc) is 3.78. The highest BCUT2D eigenvalue weighted by atomic mass is 32.1. The Kier molecular flexibility index (Phi) is 15.5. The van der Waals surface area contributed by atoms with Gasteiger partial charge in [0, 0.05) is 61.6 Å². The third-order valence-electron chi connectivity index (χ3n) is 17.4. The van der Waals surface area contributed by atoms with Gasteiger partial charge in [0.15, 0.2) is 11.6 Å². The first-order valence-corrected chi connectivity index (χ1v) is 29.7. The number of amides is 3. The molecule has 3 unspecified atom stereocenters. The van der Waals surface area contributed by atoms with E-state index in [1.165, 1.54) is 0 Å². The number of likely N-dealkylation sites (tertiary alicyclic amines) is 3. The first kappa shape index (κ1) is 55.1. The van der Waals surface area contributed by atoms with Crippen LogP contribution < -0.4 is 25.0 Å². The number of anilines is 1. The van der Waals surface area contributed by atoms with Crippen LogP contribution in [0.5, 0.6) is 17.6 Å². The highest BCUT2D eigenvalue weighted by Gasteiger charge is 2.42. The SMILES string of the molecule is CCc1cccc2cc(O)cc(-c3ncc4c(N5CC6CCC(C5)N6)nc(OC[C@@H]5CCC(COC(=O)N6CC(Oc7cc([C@H](C(=O)N8CCC[C@H]8C(=O)N[C@@H](C)c8ccc(-c9scnc9C)cc8)C(C)C)on7)C6)N5C)nc4c3F)c12. The van der Waals surface area contributed by atoms with Crippen LogP contribution in [0, 0.1) is 18.7 Å². The van der Waals surface area contributed by atoms with Crippen molar-refractivity contribution < 1.29 is 42.6 Å². The number of thiazole rings is 1. The second-order valence-corrected chi connectivity index (χ2v) is 24.0. The maximum Gasteiger partial charge on any atom is 0.410 e. The van der Waals surface area contributed by atoms with Crippen LogP contribution in [0.4, 0.5) is 15.0 Å². The molecule has 0 saturated carbocycles. The lowest BCUT2D eigenvalue weighted by Crippen LogP contribution is -2.56. The van der Waals surface area contributed by atoms with Crippen LogP contribution >= 0.6 is 11.3 Å². The zero-order valence-corrected chi connectivity index (χ0v) is 48.0. The van der Waals surface area contributed by atoms with Gasteiger partial charge in [0.2, 0.25) is 11.8 Å². The molecule has 21 heteroatoms. The number of nitrogens with one attached hydrogen (secondary N) is 2. The van der Waals surface area contributed by atoms with E-state index in [-0.39, 0.29) is 97.1 Å². The molecule has 7 aromatic rings. The summed E-state index contributed by atoms with van der Waals surface area (Å²) in [7, 11) is 1.98. The molecule has 5 saturated heterocycles. The number of likely N-dealkylation sites (N-methyl/N-ethyl adjacent to an activating group) is 1. The largest absolute Gasteiger partial charge is 0.508 e. The summed E-state index contributed by atoms with van der Waals surface area (Å²) in [4.78, 5) is 68.8. The van der Waals surface area contributed by atoms with Gasteiger partial charge in [-0.05, 0) is 117 Å². The maximum atomic E-state index is 17.2. The van der Waals surface area contributed by atoms with Crippen molar-refractivity contribution in [3.05, 3.63) is 101 Å². The number of fused-ring (bicyclic) bond motifs is 4. The van der Waals surface area contributed by atoms with Gasteiger partial charge in [-0.3, -0.25) is 19.5 Å². The minimum Gasteiger partial charge on any atom is -0.508 e. The lowest BCUT2D eigenvalue weighted by Gasteiger charge is -2.37. The lowest BCUT2D eigenvalue weighted by atomic mass is 9.91. The van der Waals surface area contributed by atoms with Gasteiger partial charge in [-0.25, -0.2) is 14.2 Å². The van der Waals surface area contributed by atoms with Gasteiger partial charge in [-0.1, -0.05) is 63.2 Å². The van der Waals surface area contributed by atoms with Crippen LogP contribution in [0.1, 0.15) is 101 Å². The van der Waals surface area contributed by atoms with Crippen molar-refractivity contribution in [2.24, 2.45) is 5.92 Å². The van der Waals surface area contributed by atoms with Crippen LogP contribution in [-0.4, -0.2) is 152 Å². The fourth-order valence-corrected chi connectivity index (χ4v) is 13.6. The molecular weight excluding hydrogens is 1070 g/mol. The summed E-state index contributed by atoms with van der Waals surface area (Å²) in [6, 6.07) is 18.5. The molecule has 0 aliphatic carbocycles. The molecule has 430 valence electrons. The Bertz CT molecular complexity index is 3510. The smallest absolute Gasteiger partial charge is 0.410 e. The number of aromatic nitrogens is 5. The summed E-state index contributed by atoms with van der Waals surface area (Å²) in [5, 5.41) is 23.9. The quantitative estimate of drug-likeness (QED) is 0.0776. The molecule has 12 rings (SSSR count). The van der Waals surface area contributed by atoms with Gasteiger partial charge in [0.25, 0.3) is 5.88 Å². The highest BCUT2D eigenvalue weighted by molar-refractivity contribution is 7.13. The van der Waals surface area contributed by atoms with E-state index in [0.29, 0.717) is 73.5 Å². The molecule has 3 N–H and O–H groups in total. The second-order valence-electron chi connectivity index (χ2n) is 23.1. The molecule has 19 nitrogen and oxygen atoms in total. The van der Waals surface area contributed by atoms with Crippen LogP contribution in [0.2, 0.25) is 0 Å². The van der Waals surface area contributed by atoms with Crippen LogP contribution in [0.3, 0.4) is 0 Å². The molecule has 82 heavy (non-hydrogen) atoms. The van der Waals surface area contributed by atoms with Gasteiger partial charge in [0.05, 0.1) is 40.6 Å². The van der Waals surface area contributed by atoms with Crippen molar-refractivity contribution in [3.8, 4) is 39.3 Å². The molecule has 2 bridgehead atoms. The number of nitrogens with zero attached hydrogens (tertiary/aromatic N) is 9. The lowest BCUT2D eigenvalue weighted by molar-refractivity contribution is -0.141. The first-order chi connectivity index (χ1) is 39.7. The molecule has 0 radical (unpaired) electrons. The van der Waals surface area contributed by atoms with Crippen molar-refractivity contribution in [2.45, 2.75) is 128 Å². The standard InChI is InChI=1S/C61H70FN11O8S/c1-7-36-10-8-11-39-22-44(74)23-46(52(36)39)54-53(62)55-47(25-63-54)57(71-26-40-17-18-41(27-71)66-40)68-60(67-55)78-30-42-19-20-43(70(42)6)31-79-61(77)72-28-45(29-72)80-50-24-49(81-69-50)51(33(2)3)59(76)73-21-9-12-48(73)58(75)65-34(4)37-13-15-38(16-14-37)56-35(5)64-32-82-56/h8,10-11,13-16,22-25,32-34,40-43,45,48,51,66,74H,7,9,12,17-21,26-31H2,1-6H3,(H,65,75)/t34-,40?,41?,42-,43?,48-,51+/m0/s1. The summed E-state index contributed by atoms with van der Waals surface area (Å²) in [6.45, 7) is 12.7. The number of carbonyl (C=O) groups is 3. The number of pyridine rings is 1. The van der Waals surface area contributed by atoms with E-state index in [0.717, 1.165) is 63.7 Å². The molecule has 4 aromatic heterocycles. The van der Waals surface area contributed by atoms with E-state index in [4.69, 9.17) is 33.7 Å². The zero-order valence-electron chi connectivity index (χ0n) is 47.1. The Balaban J connectivity index is 0.638. The fraction of sp³-hybridized carbons (Fsp3) is 0.475. The van der Waals surface area contributed by atoms with Gasteiger partial charge in [-0.15, -0.1) is 11.3 Å². The molecule has 5 fully saturated rings. The number of aromatic hydroxyl groups is 1. The number of halogens is 1. The Morgan fingerprint density at radius 1 is 0.939 bits per heavy atom. The normalized spacial score (nSPS) is 21.8. The number of benzene rings is 3. The number of phenolic OH excluding ortho intramolecular Hbond substituents is 1. The number of phenols is 1. The third kappa shape index (κ3) is 10.9. The second kappa shape index (κ2) is 23.0. The number of hydrogen-bond donors (Lipinski definition) is 3. The van der Waals surface area contributed by atoms with E-state index in [1.54, 1.807) is 45.5 Å². The average molecular weight is 1140 g/mol. The summed E-state index contributed by atoms with van der Waals surface area (Å²) in [5.41, 5.74) is 6.57. The molecule has 9 heterocycles. The molecule has 3 amide bonds. The maximum absolute atomic E-state index is 17.2. The molecular formula is C61H70FN11O8S. The summed E-state index contributed by atoms with van der Waals surface area (Å²) < 4.78 is 41.3. The van der Waals surface area contributed by atoms with E-state index in [9.17, 15) is 19.5 Å². The molecule has 7 atom stereocenters. The van der Waals surface area contributed by atoms with Gasteiger partial charge in [-0.2, -0.15) is 9.97 Å². The Morgan fingerprint density at radius 3 is 2.44 bits per heavy atom. The molecule has 0 spiro atoms. The Hall–Kier alpha value is -7.49. The predicted molar refractivity (Wildman–Crippen MR) is 309 cm³/mol. The number of piperazine rings is 1. The number of ether oxygens (including phenoxy) is 3. The van der Waals surface area contributed by atoms with Crippen molar-refractivity contribution in [1.29, 1.82) is 0 Å². The van der Waals surface area contributed by atoms with Gasteiger partial charge >= 0.3 is 12.1 Å². The first-order valence-electron chi connectivity index (χ1n) is 28.8. The van der Waals surface area contributed by atoms with Crippen molar-refractivity contribution in [2.75, 3.05) is 57.9 Å². The third-order valence-corrected chi connectivity index (χ3v) is 18.4. The summed E-state index contributed by atoms with van der Waals surface area (Å²) in [5.74, 6) is -0.682. The summed E-state index contributed by atoms with van der Waals surface area (Å²) in [6.07, 6.45) is 6.48. The van der Waals surface area contributed by atoms with Crippen LogP contribution in [0.15, 0.2) is 76.9 Å². The molecule has 5 aliphatic heterocycles.